The van der Waals surface area contributed by atoms with Crippen LogP contribution in [0.15, 0.2) is 33.4 Å². The average Bonchev–Trinajstić information content (AvgIpc) is 3.10. The van der Waals surface area contributed by atoms with Gasteiger partial charge < -0.3 is 9.73 Å². The molecule has 0 aliphatic heterocycles. The van der Waals surface area contributed by atoms with E-state index in [0.29, 0.717) is 6.04 Å². The molecule has 0 saturated heterocycles. The van der Waals surface area contributed by atoms with E-state index in [2.05, 4.69) is 40.9 Å². The van der Waals surface area contributed by atoms with Crippen LogP contribution in [0, 0.1) is 6.92 Å². The molecule has 2 aromatic heterocycles. The van der Waals surface area contributed by atoms with Gasteiger partial charge in [-0.15, -0.1) is 0 Å². The summed E-state index contributed by atoms with van der Waals surface area (Å²) < 4.78 is 5.60. The summed E-state index contributed by atoms with van der Waals surface area (Å²) in [6.07, 6.45) is 0. The first-order valence-electron chi connectivity index (χ1n) is 7.26. The minimum Gasteiger partial charge on any atom is -0.465 e. The number of furan rings is 1. The van der Waals surface area contributed by atoms with Crippen LogP contribution in [0.1, 0.15) is 37.0 Å². The average molecular weight is 292 g/mol. The second-order valence-corrected chi connectivity index (χ2v) is 5.72. The molecular formula is C16H24N2OS. The Hall–Kier alpha value is -1.10. The van der Waals surface area contributed by atoms with Gasteiger partial charge in [-0.3, -0.25) is 4.90 Å². The van der Waals surface area contributed by atoms with Gasteiger partial charge in [0.25, 0.3) is 0 Å². The molecule has 2 heterocycles. The van der Waals surface area contributed by atoms with E-state index >= 15 is 0 Å². The van der Waals surface area contributed by atoms with Crippen molar-refractivity contribution in [3.05, 3.63) is 46.0 Å². The Labute approximate surface area is 125 Å². The quantitative estimate of drug-likeness (QED) is 0.801. The molecule has 0 aromatic carbocycles. The molecule has 0 aliphatic rings. The number of nitrogens with one attached hydrogen (secondary N) is 1. The minimum absolute atomic E-state index is 0.437. The van der Waals surface area contributed by atoms with Crippen molar-refractivity contribution in [2.75, 3.05) is 19.6 Å². The summed E-state index contributed by atoms with van der Waals surface area (Å²) >= 11 is 1.77. The van der Waals surface area contributed by atoms with Crippen molar-refractivity contribution in [3.8, 4) is 0 Å². The summed E-state index contributed by atoms with van der Waals surface area (Å²) in [4.78, 5) is 2.49. The summed E-state index contributed by atoms with van der Waals surface area (Å²) in [5.41, 5.74) is 1.40. The summed E-state index contributed by atoms with van der Waals surface area (Å²) in [6.45, 7) is 10.3. The second-order valence-electron chi connectivity index (χ2n) is 4.94. The van der Waals surface area contributed by atoms with Crippen LogP contribution in [0.3, 0.4) is 0 Å². The number of nitrogens with zero attached hydrogens (tertiary/aromatic N) is 1. The van der Waals surface area contributed by atoms with Gasteiger partial charge in [-0.1, -0.05) is 13.8 Å². The summed E-state index contributed by atoms with van der Waals surface area (Å²) in [6, 6.07) is 6.72. The molecule has 0 bridgehead atoms. The van der Waals surface area contributed by atoms with E-state index < -0.39 is 0 Å². The van der Waals surface area contributed by atoms with Crippen LogP contribution >= 0.6 is 11.3 Å². The zero-order chi connectivity index (χ0) is 14.4. The van der Waals surface area contributed by atoms with E-state index in [0.717, 1.165) is 37.7 Å². The third-order valence-electron chi connectivity index (χ3n) is 3.61. The van der Waals surface area contributed by atoms with Gasteiger partial charge in [-0.05, 0) is 54.5 Å². The van der Waals surface area contributed by atoms with E-state index in [-0.39, 0.29) is 0 Å². The molecule has 20 heavy (non-hydrogen) atoms. The summed E-state index contributed by atoms with van der Waals surface area (Å²) in [7, 11) is 0. The second kappa shape index (κ2) is 7.62. The Morgan fingerprint density at radius 1 is 1.25 bits per heavy atom. The highest BCUT2D eigenvalue weighted by molar-refractivity contribution is 7.07. The van der Waals surface area contributed by atoms with Crippen LogP contribution in [-0.4, -0.2) is 24.5 Å². The molecule has 0 radical (unpaired) electrons. The van der Waals surface area contributed by atoms with Crippen molar-refractivity contribution < 1.29 is 4.42 Å². The Balaban J connectivity index is 1.94. The molecule has 0 aliphatic carbocycles. The predicted molar refractivity (Wildman–Crippen MR) is 85.1 cm³/mol. The monoisotopic (exact) mass is 292 g/mol. The fraction of sp³-hybridized carbons (Fsp3) is 0.500. The fourth-order valence-electron chi connectivity index (χ4n) is 2.50. The maximum absolute atomic E-state index is 5.60. The standard InChI is InChI=1S/C16H24N2OS/c1-4-18(5-2)16(14-8-9-20-12-14)11-17-10-15-7-6-13(3)19-15/h6-9,12,16-17H,4-5,10-11H2,1-3H3. The summed E-state index contributed by atoms with van der Waals surface area (Å²) in [5.74, 6) is 1.98. The number of hydrogen-bond donors (Lipinski definition) is 1. The van der Waals surface area contributed by atoms with Crippen molar-refractivity contribution in [2.24, 2.45) is 0 Å². The highest BCUT2D eigenvalue weighted by Crippen LogP contribution is 2.22. The lowest BCUT2D eigenvalue weighted by atomic mass is 10.1. The van der Waals surface area contributed by atoms with Crippen LogP contribution < -0.4 is 5.32 Å². The van der Waals surface area contributed by atoms with Gasteiger partial charge in [0.05, 0.1) is 6.54 Å². The lowest BCUT2D eigenvalue weighted by molar-refractivity contribution is 0.212. The number of aryl methyl sites for hydroxylation is 1. The van der Waals surface area contributed by atoms with Crippen LogP contribution in [0.4, 0.5) is 0 Å². The fourth-order valence-corrected chi connectivity index (χ4v) is 3.21. The van der Waals surface area contributed by atoms with Gasteiger partial charge in [0.2, 0.25) is 0 Å². The van der Waals surface area contributed by atoms with Crippen LogP contribution in [0.2, 0.25) is 0 Å². The molecule has 1 atom stereocenters. The van der Waals surface area contributed by atoms with E-state index in [1.165, 1.54) is 5.56 Å². The highest BCUT2D eigenvalue weighted by atomic mass is 32.1. The van der Waals surface area contributed by atoms with E-state index in [4.69, 9.17) is 4.42 Å². The Kier molecular flexibility index (Phi) is 5.83. The van der Waals surface area contributed by atoms with Gasteiger partial charge in [0.1, 0.15) is 11.5 Å². The molecule has 4 heteroatoms. The predicted octanol–water partition coefficient (Wildman–Crippen LogP) is 3.82. The smallest absolute Gasteiger partial charge is 0.117 e. The van der Waals surface area contributed by atoms with Crippen molar-refractivity contribution in [1.29, 1.82) is 0 Å². The normalized spacial score (nSPS) is 13.0. The Morgan fingerprint density at radius 2 is 2.05 bits per heavy atom. The van der Waals surface area contributed by atoms with Gasteiger partial charge in [-0.2, -0.15) is 11.3 Å². The van der Waals surface area contributed by atoms with Gasteiger partial charge in [-0.25, -0.2) is 0 Å². The SMILES string of the molecule is CCN(CC)C(CNCc1ccc(C)o1)c1ccsc1. The molecule has 1 unspecified atom stereocenters. The lowest BCUT2D eigenvalue weighted by Gasteiger charge is -2.29. The first-order valence-corrected chi connectivity index (χ1v) is 8.21. The molecule has 0 fully saturated rings. The molecule has 2 rings (SSSR count). The first kappa shape index (κ1) is 15.3. The third kappa shape index (κ3) is 3.95. The Bertz CT molecular complexity index is 488. The molecule has 0 saturated carbocycles. The number of thiophene rings is 1. The third-order valence-corrected chi connectivity index (χ3v) is 4.32. The zero-order valence-corrected chi connectivity index (χ0v) is 13.4. The topological polar surface area (TPSA) is 28.4 Å². The van der Waals surface area contributed by atoms with Crippen molar-refractivity contribution >= 4 is 11.3 Å². The molecule has 2 aromatic rings. The maximum atomic E-state index is 5.60. The first-order chi connectivity index (χ1) is 9.74. The largest absolute Gasteiger partial charge is 0.465 e. The molecule has 0 amide bonds. The van der Waals surface area contributed by atoms with E-state index in [1.54, 1.807) is 11.3 Å². The van der Waals surface area contributed by atoms with Crippen molar-refractivity contribution in [2.45, 2.75) is 33.4 Å². The molecule has 0 spiro atoms. The van der Waals surface area contributed by atoms with Gasteiger partial charge in [0.15, 0.2) is 0 Å². The molecule has 110 valence electrons. The summed E-state index contributed by atoms with van der Waals surface area (Å²) in [5, 5.41) is 7.93. The molecular weight excluding hydrogens is 268 g/mol. The number of likely N-dealkylation sites (N-methyl/N-ethyl adjacent to an activating group) is 1. The minimum atomic E-state index is 0.437. The zero-order valence-electron chi connectivity index (χ0n) is 12.6. The number of rotatable bonds is 8. The van der Waals surface area contributed by atoms with Gasteiger partial charge in [0, 0.05) is 12.6 Å². The van der Waals surface area contributed by atoms with Crippen LogP contribution in [0.5, 0.6) is 0 Å². The Morgan fingerprint density at radius 3 is 2.60 bits per heavy atom. The molecule has 3 nitrogen and oxygen atoms in total. The van der Waals surface area contributed by atoms with Crippen LogP contribution in [0.25, 0.3) is 0 Å². The van der Waals surface area contributed by atoms with Crippen LogP contribution in [-0.2, 0) is 6.54 Å². The van der Waals surface area contributed by atoms with Crippen molar-refractivity contribution in [1.82, 2.24) is 10.2 Å². The lowest BCUT2D eigenvalue weighted by Crippen LogP contribution is -2.35. The molecule has 1 N–H and O–H groups in total. The van der Waals surface area contributed by atoms with E-state index in [1.807, 2.05) is 19.1 Å². The van der Waals surface area contributed by atoms with Crippen molar-refractivity contribution in [3.63, 3.8) is 0 Å². The maximum Gasteiger partial charge on any atom is 0.117 e. The highest BCUT2D eigenvalue weighted by Gasteiger charge is 2.17. The van der Waals surface area contributed by atoms with E-state index in [9.17, 15) is 0 Å². The van der Waals surface area contributed by atoms with Gasteiger partial charge >= 0.3 is 0 Å². The number of hydrogen-bond acceptors (Lipinski definition) is 4.